The monoisotopic (exact) mass is 349 g/mol. The predicted octanol–water partition coefficient (Wildman–Crippen LogP) is 2.07. The van der Waals surface area contributed by atoms with Crippen LogP contribution in [0.1, 0.15) is 24.8 Å². The Morgan fingerprint density at radius 3 is 2.67 bits per heavy atom. The molecule has 0 radical (unpaired) electrons. The second-order valence-corrected chi connectivity index (χ2v) is 7.98. The molecule has 0 aromatic heterocycles. The summed E-state index contributed by atoms with van der Waals surface area (Å²) in [4.78, 5) is 12.0. The first kappa shape index (κ1) is 18.4. The number of allylic oxidation sites excluding steroid dienone is 2. The van der Waals surface area contributed by atoms with Crippen molar-refractivity contribution in [1.29, 1.82) is 0 Å². The zero-order valence-electron chi connectivity index (χ0n) is 14.0. The lowest BCUT2D eigenvalue weighted by Gasteiger charge is -2.16. The normalized spacial score (nSPS) is 18.2. The van der Waals surface area contributed by atoms with Crippen LogP contribution < -0.4 is 5.43 Å². The highest BCUT2D eigenvalue weighted by Gasteiger charge is 2.22. The summed E-state index contributed by atoms with van der Waals surface area (Å²) in [5.74, 6) is -0.139. The molecule has 1 aromatic carbocycles. The van der Waals surface area contributed by atoms with Crippen LogP contribution in [0.15, 0.2) is 46.4 Å². The average molecular weight is 349 g/mol. The van der Waals surface area contributed by atoms with Crippen LogP contribution >= 0.6 is 0 Å². The SMILES string of the molecule is Cc1ccc(S(=O)(=O)N(C)CC(=O)N/N=C\[C@H]2CC=CCC2)cc1. The van der Waals surface area contributed by atoms with E-state index in [0.29, 0.717) is 5.92 Å². The Bertz CT molecular complexity index is 724. The van der Waals surface area contributed by atoms with Crippen LogP contribution in [-0.4, -0.2) is 38.4 Å². The van der Waals surface area contributed by atoms with E-state index in [9.17, 15) is 13.2 Å². The van der Waals surface area contributed by atoms with Gasteiger partial charge in [0.05, 0.1) is 11.4 Å². The molecule has 1 aromatic rings. The van der Waals surface area contributed by atoms with E-state index >= 15 is 0 Å². The van der Waals surface area contributed by atoms with E-state index in [2.05, 4.69) is 22.7 Å². The number of benzene rings is 1. The zero-order chi connectivity index (χ0) is 17.6. The number of nitrogens with zero attached hydrogens (tertiary/aromatic N) is 2. The fourth-order valence-corrected chi connectivity index (χ4v) is 3.51. The Kier molecular flexibility index (Phi) is 6.28. The third-order valence-corrected chi connectivity index (χ3v) is 5.70. The largest absolute Gasteiger partial charge is 0.272 e. The Hall–Kier alpha value is -1.99. The van der Waals surface area contributed by atoms with Crippen LogP contribution in [-0.2, 0) is 14.8 Å². The first-order chi connectivity index (χ1) is 11.4. The molecule has 1 aliphatic rings. The highest BCUT2D eigenvalue weighted by Crippen LogP contribution is 2.16. The number of rotatable bonds is 6. The van der Waals surface area contributed by atoms with Gasteiger partial charge in [-0.3, -0.25) is 4.79 Å². The maximum atomic E-state index is 12.4. The molecule has 2 rings (SSSR count). The molecule has 24 heavy (non-hydrogen) atoms. The molecule has 1 amide bonds. The number of carbonyl (C=O) groups is 1. The summed E-state index contributed by atoms with van der Waals surface area (Å²) in [5.41, 5.74) is 3.37. The average Bonchev–Trinajstić information content (AvgIpc) is 2.56. The molecule has 7 heteroatoms. The van der Waals surface area contributed by atoms with Gasteiger partial charge in [-0.25, -0.2) is 13.8 Å². The number of nitrogens with one attached hydrogen (secondary N) is 1. The summed E-state index contributed by atoms with van der Waals surface area (Å²) < 4.78 is 25.8. The molecule has 1 atom stereocenters. The smallest absolute Gasteiger partial charge is 0.255 e. The first-order valence-electron chi connectivity index (χ1n) is 7.89. The number of amides is 1. The molecule has 130 valence electrons. The van der Waals surface area contributed by atoms with Crippen molar-refractivity contribution in [2.75, 3.05) is 13.6 Å². The Morgan fingerprint density at radius 1 is 1.33 bits per heavy atom. The zero-order valence-corrected chi connectivity index (χ0v) is 14.8. The van der Waals surface area contributed by atoms with Crippen LogP contribution in [0.2, 0.25) is 0 Å². The molecular formula is C17H23N3O3S. The molecule has 0 spiro atoms. The number of hydrazone groups is 1. The van der Waals surface area contributed by atoms with Crippen molar-refractivity contribution >= 4 is 22.1 Å². The molecule has 0 saturated heterocycles. The van der Waals surface area contributed by atoms with E-state index in [4.69, 9.17) is 0 Å². The van der Waals surface area contributed by atoms with Gasteiger partial charge in [0.2, 0.25) is 10.0 Å². The van der Waals surface area contributed by atoms with E-state index in [1.165, 1.54) is 19.2 Å². The van der Waals surface area contributed by atoms with Crippen molar-refractivity contribution in [3.8, 4) is 0 Å². The molecule has 0 unspecified atom stereocenters. The second-order valence-electron chi connectivity index (χ2n) is 5.93. The number of hydrogen-bond donors (Lipinski definition) is 1. The van der Waals surface area contributed by atoms with E-state index in [1.54, 1.807) is 18.3 Å². The fourth-order valence-electron chi connectivity index (χ4n) is 2.38. The summed E-state index contributed by atoms with van der Waals surface area (Å²) in [7, 11) is -2.31. The molecule has 0 heterocycles. The number of hydrogen-bond acceptors (Lipinski definition) is 4. The lowest BCUT2D eigenvalue weighted by molar-refractivity contribution is -0.121. The molecule has 0 fully saturated rings. The van der Waals surface area contributed by atoms with Gasteiger partial charge in [-0.15, -0.1) is 0 Å². The fraction of sp³-hybridized carbons (Fsp3) is 0.412. The number of sulfonamides is 1. The summed E-state index contributed by atoms with van der Waals surface area (Å²) in [6.45, 7) is 1.60. The van der Waals surface area contributed by atoms with Gasteiger partial charge in [0.1, 0.15) is 0 Å². The summed E-state index contributed by atoms with van der Waals surface area (Å²) in [6.07, 6.45) is 8.90. The van der Waals surface area contributed by atoms with Gasteiger partial charge in [0.25, 0.3) is 5.91 Å². The molecular weight excluding hydrogens is 326 g/mol. The van der Waals surface area contributed by atoms with Gasteiger partial charge in [-0.05, 0) is 44.2 Å². The van der Waals surface area contributed by atoms with Gasteiger partial charge in [-0.2, -0.15) is 9.41 Å². The van der Waals surface area contributed by atoms with E-state index in [1.807, 2.05) is 6.92 Å². The summed E-state index contributed by atoms with van der Waals surface area (Å²) in [6, 6.07) is 6.52. The van der Waals surface area contributed by atoms with Crippen LogP contribution in [0.5, 0.6) is 0 Å². The molecule has 0 saturated carbocycles. The Morgan fingerprint density at radius 2 is 2.04 bits per heavy atom. The third kappa shape index (κ3) is 5.01. The van der Waals surface area contributed by atoms with Crippen molar-refractivity contribution in [3.63, 3.8) is 0 Å². The quantitative estimate of drug-likeness (QED) is 0.485. The van der Waals surface area contributed by atoms with Gasteiger partial charge < -0.3 is 0 Å². The maximum Gasteiger partial charge on any atom is 0.255 e. The van der Waals surface area contributed by atoms with Crippen molar-refractivity contribution in [2.24, 2.45) is 11.0 Å². The van der Waals surface area contributed by atoms with Crippen molar-refractivity contribution < 1.29 is 13.2 Å². The summed E-state index contributed by atoms with van der Waals surface area (Å²) >= 11 is 0. The third-order valence-electron chi connectivity index (χ3n) is 3.88. The van der Waals surface area contributed by atoms with E-state index in [0.717, 1.165) is 29.1 Å². The van der Waals surface area contributed by atoms with Crippen LogP contribution in [0.25, 0.3) is 0 Å². The standard InChI is InChI=1S/C17H23N3O3S/c1-14-8-10-16(11-9-14)24(22,23)20(2)13-17(21)19-18-12-15-6-4-3-5-7-15/h3-4,8-12,15H,5-7,13H2,1-2H3,(H,19,21)/b18-12-/t15-/m0/s1. The predicted molar refractivity (Wildman–Crippen MR) is 94.1 cm³/mol. The molecule has 6 nitrogen and oxygen atoms in total. The van der Waals surface area contributed by atoms with Crippen molar-refractivity contribution in [1.82, 2.24) is 9.73 Å². The topological polar surface area (TPSA) is 78.8 Å². The maximum absolute atomic E-state index is 12.4. The molecule has 0 bridgehead atoms. The van der Waals surface area contributed by atoms with Crippen LogP contribution in [0.4, 0.5) is 0 Å². The number of likely N-dealkylation sites (N-methyl/N-ethyl adjacent to an activating group) is 1. The van der Waals surface area contributed by atoms with Gasteiger partial charge in [-0.1, -0.05) is 29.8 Å². The highest BCUT2D eigenvalue weighted by molar-refractivity contribution is 7.89. The Labute approximate surface area is 143 Å². The first-order valence-corrected chi connectivity index (χ1v) is 9.33. The van der Waals surface area contributed by atoms with Crippen molar-refractivity contribution in [3.05, 3.63) is 42.0 Å². The molecule has 1 aliphatic carbocycles. The van der Waals surface area contributed by atoms with E-state index < -0.39 is 15.9 Å². The number of aryl methyl sites for hydroxylation is 1. The minimum atomic E-state index is -3.68. The summed E-state index contributed by atoms with van der Waals surface area (Å²) in [5, 5.41) is 3.93. The van der Waals surface area contributed by atoms with Crippen LogP contribution in [0.3, 0.4) is 0 Å². The molecule has 0 aliphatic heterocycles. The molecule has 1 N–H and O–H groups in total. The lowest BCUT2D eigenvalue weighted by atomic mass is 9.96. The van der Waals surface area contributed by atoms with Crippen molar-refractivity contribution in [2.45, 2.75) is 31.1 Å². The minimum Gasteiger partial charge on any atom is -0.272 e. The number of carbonyl (C=O) groups excluding carboxylic acids is 1. The van der Waals surface area contributed by atoms with Gasteiger partial charge in [0, 0.05) is 13.3 Å². The minimum absolute atomic E-state index is 0.167. The van der Waals surface area contributed by atoms with Crippen LogP contribution in [0, 0.1) is 12.8 Å². The van der Waals surface area contributed by atoms with Gasteiger partial charge in [0.15, 0.2) is 0 Å². The van der Waals surface area contributed by atoms with E-state index in [-0.39, 0.29) is 11.4 Å². The second kappa shape index (κ2) is 8.21. The highest BCUT2D eigenvalue weighted by atomic mass is 32.2. The Balaban J connectivity index is 1.89. The van der Waals surface area contributed by atoms with Gasteiger partial charge >= 0.3 is 0 Å². The lowest BCUT2D eigenvalue weighted by Crippen LogP contribution is -2.36.